The molecular weight excluding hydrogens is 1240 g/mol. The number of rotatable bonds is 19. The Kier molecular flexibility index (Phi) is 16.4. The lowest BCUT2D eigenvalue weighted by molar-refractivity contribution is -0.659. The Bertz CT molecular complexity index is 1910. The van der Waals surface area contributed by atoms with E-state index in [-0.39, 0.29) is 14.2 Å². The second kappa shape index (κ2) is 17.3. The van der Waals surface area contributed by atoms with Crippen LogP contribution < -0.4 is 0 Å². The van der Waals surface area contributed by atoms with Crippen molar-refractivity contribution in [3.63, 3.8) is 0 Å². The van der Waals surface area contributed by atoms with Gasteiger partial charge in [-0.3, -0.25) is 14.2 Å². The van der Waals surface area contributed by atoms with Crippen LogP contribution in [0.4, 0.5) is 211 Å². The average molecular weight is 1240 g/mol. The zero-order chi connectivity index (χ0) is 61.6. The van der Waals surface area contributed by atoms with E-state index >= 15 is 43.9 Å². The first-order chi connectivity index (χ1) is 30.9. The van der Waals surface area contributed by atoms with Crippen LogP contribution in [0, 0.1) is 5.41 Å². The second-order valence-electron chi connectivity index (χ2n) is 13.0. The maximum Gasteiger partial charge on any atom is 0.483 e. The van der Waals surface area contributed by atoms with Crippen molar-refractivity contribution in [1.29, 1.82) is 0 Å². The summed E-state index contributed by atoms with van der Waals surface area (Å²) < 4.78 is 675. The quantitative estimate of drug-likeness (QED) is 0.0953. The molecule has 0 spiro atoms. The minimum Gasteiger partial charge on any atom is -0.254 e. The molecule has 0 aromatic carbocycles. The van der Waals surface area contributed by atoms with Crippen LogP contribution >= 0.6 is 0 Å². The molecule has 0 N–H and O–H groups in total. The molecule has 0 rings (SSSR count). The summed E-state index contributed by atoms with van der Waals surface area (Å²) in [7, 11) is 0. The van der Waals surface area contributed by atoms with Crippen molar-refractivity contribution >= 4 is 0 Å². The predicted molar refractivity (Wildman–Crippen MR) is 119 cm³/mol. The fraction of sp³-hybridized carbons (Fsp3) is 1.00. The lowest BCUT2D eigenvalue weighted by Gasteiger charge is -2.59. The maximum absolute atomic E-state index is 16.1. The molecule has 0 bridgehead atoms. The van der Waals surface area contributed by atoms with Gasteiger partial charge >= 0.3 is 132 Å². The van der Waals surface area contributed by atoms with Crippen LogP contribution in [0.2, 0.25) is 0 Å². The highest BCUT2D eigenvalue weighted by Crippen LogP contribution is 2.79. The lowest BCUT2D eigenvalue weighted by atomic mass is 9.61. The molecule has 0 saturated heterocycles. The van der Waals surface area contributed by atoms with Gasteiger partial charge in [0.1, 0.15) is 0 Å². The van der Waals surface area contributed by atoms with E-state index in [0.29, 0.717) is 0 Å². The minimum absolute atomic E-state index is 0.181. The van der Waals surface area contributed by atoms with Crippen molar-refractivity contribution in [2.75, 3.05) is 0 Å². The molecule has 0 saturated carbocycles. The summed E-state index contributed by atoms with van der Waals surface area (Å²) in [5.74, 6) is -149. The molecule has 0 aliphatic heterocycles. The van der Waals surface area contributed by atoms with E-state index < -0.39 is 138 Å². The van der Waals surface area contributed by atoms with Gasteiger partial charge in [0.05, 0.1) is 0 Å². The van der Waals surface area contributed by atoms with Gasteiger partial charge in [0.25, 0.3) is 5.41 Å². The summed E-state index contributed by atoms with van der Waals surface area (Å²) in [6.07, 6.45) is -89.4. The topological polar surface area (TPSA) is 27.7 Å². The summed E-state index contributed by atoms with van der Waals surface area (Å²) in [6, 6.07) is 0. The Labute approximate surface area is 364 Å². The normalized spacial score (nSPS) is 18.0. The molecule has 446 valence electrons. The molecule has 0 aromatic rings. The van der Waals surface area contributed by atoms with E-state index in [0.717, 1.165) is 0 Å². The SMILES string of the molecule is FC(F)(F)C(F)(F)OC(OC(F)(F)C(F)(F)F)(OC(F)(F)C(F)(F)F)C(C(F)(F)C(F)(F)F)(C(F)(F)C(F)(F)C(F)(F)C(F)(F)C(F)(F)F)C(F)(F)C(F)(F)C(F)(F)C(F)(F)C(F)(F)C(F)(F)C(F)(F)C(F)(F)F. The summed E-state index contributed by atoms with van der Waals surface area (Å²) >= 11 is 0. The molecule has 1 atom stereocenters. The third-order valence-corrected chi connectivity index (χ3v) is 8.27. The molecule has 1 unspecified atom stereocenters. The molecule has 0 amide bonds. The van der Waals surface area contributed by atoms with Crippen LogP contribution in [-0.2, 0) is 14.2 Å². The van der Waals surface area contributed by atoms with E-state index in [4.69, 9.17) is 0 Å². The molecule has 0 fully saturated rings. The molecule has 0 aliphatic rings. The predicted octanol–water partition coefficient (Wildman–Crippen LogP) is 15.5. The molecule has 0 aliphatic carbocycles. The first-order valence-corrected chi connectivity index (χ1v) is 15.0. The second-order valence-corrected chi connectivity index (χ2v) is 13.0. The summed E-state index contributed by atoms with van der Waals surface area (Å²) in [4.78, 5) is 0. The molecule has 0 heterocycles. The fourth-order valence-corrected chi connectivity index (χ4v) is 4.56. The van der Waals surface area contributed by atoms with Crippen LogP contribution in [0.25, 0.3) is 0 Å². The fourth-order valence-electron chi connectivity index (χ4n) is 4.56. The van der Waals surface area contributed by atoms with Gasteiger partial charge in [-0.05, 0) is 0 Å². The van der Waals surface area contributed by atoms with Gasteiger partial charge in [-0.2, -0.15) is 211 Å². The number of ether oxygens (including phenoxy) is 3. The zero-order valence-corrected chi connectivity index (χ0v) is 30.9. The van der Waals surface area contributed by atoms with Crippen molar-refractivity contribution < 1.29 is 225 Å². The molecular formula is C23F48O3. The molecule has 0 radical (unpaired) electrons. The van der Waals surface area contributed by atoms with E-state index in [1.165, 1.54) is 0 Å². The van der Waals surface area contributed by atoms with Gasteiger partial charge in [-0.15, -0.1) is 0 Å². The summed E-state index contributed by atoms with van der Waals surface area (Å²) in [5, 5.41) is 0. The molecule has 74 heavy (non-hydrogen) atoms. The van der Waals surface area contributed by atoms with Crippen LogP contribution in [0.15, 0.2) is 0 Å². The number of halogens is 48. The Morgan fingerprint density at radius 2 is 0.270 bits per heavy atom. The first-order valence-electron chi connectivity index (χ1n) is 15.0. The third kappa shape index (κ3) is 9.08. The summed E-state index contributed by atoms with van der Waals surface area (Å²) in [5.41, 5.74) is -13.4. The first kappa shape index (κ1) is 70.5. The van der Waals surface area contributed by atoms with E-state index in [1.54, 1.807) is 0 Å². The largest absolute Gasteiger partial charge is 0.483 e. The van der Waals surface area contributed by atoms with Crippen molar-refractivity contribution in [3.05, 3.63) is 0 Å². The number of hydrogen-bond donors (Lipinski definition) is 0. The summed E-state index contributed by atoms with van der Waals surface area (Å²) in [6.45, 7) is 0. The van der Waals surface area contributed by atoms with Crippen molar-refractivity contribution in [3.8, 4) is 0 Å². The van der Waals surface area contributed by atoms with Crippen LogP contribution in [0.3, 0.4) is 0 Å². The van der Waals surface area contributed by atoms with Gasteiger partial charge in [0.15, 0.2) is 0 Å². The van der Waals surface area contributed by atoms with Crippen molar-refractivity contribution in [2.24, 2.45) is 5.41 Å². The van der Waals surface area contributed by atoms with Crippen molar-refractivity contribution in [1.82, 2.24) is 0 Å². The highest BCUT2D eigenvalue weighted by molar-refractivity contribution is 5.29. The van der Waals surface area contributed by atoms with Crippen LogP contribution in [0.1, 0.15) is 0 Å². The maximum atomic E-state index is 16.1. The van der Waals surface area contributed by atoms with Crippen LogP contribution in [-0.4, -0.2) is 132 Å². The molecule has 51 heteroatoms. The third-order valence-electron chi connectivity index (χ3n) is 8.27. The van der Waals surface area contributed by atoms with Gasteiger partial charge in [-0.25, -0.2) is 0 Å². The Balaban J connectivity index is 11.5. The van der Waals surface area contributed by atoms with E-state index in [2.05, 4.69) is 0 Å². The Morgan fingerprint density at radius 3 is 0.405 bits per heavy atom. The smallest absolute Gasteiger partial charge is 0.254 e. The van der Waals surface area contributed by atoms with E-state index in [9.17, 15) is 167 Å². The molecule has 3 nitrogen and oxygen atoms in total. The van der Waals surface area contributed by atoms with Gasteiger partial charge in [-0.1, -0.05) is 0 Å². The average Bonchev–Trinajstić information content (AvgIpc) is 3.06. The van der Waals surface area contributed by atoms with E-state index in [1.807, 2.05) is 0 Å². The van der Waals surface area contributed by atoms with Gasteiger partial charge in [0, 0.05) is 0 Å². The van der Waals surface area contributed by atoms with Crippen molar-refractivity contribution in [2.45, 2.75) is 132 Å². The Hall–Kier alpha value is -3.48. The number of hydrogen-bond acceptors (Lipinski definition) is 3. The van der Waals surface area contributed by atoms with Gasteiger partial charge in [0.2, 0.25) is 0 Å². The molecule has 0 aromatic heterocycles. The lowest BCUT2D eigenvalue weighted by Crippen LogP contribution is -2.89. The van der Waals surface area contributed by atoms with Gasteiger partial charge < -0.3 is 0 Å². The standard InChI is InChI=1S/C23F48O3/c24-2(25,5(30,31)7(34,35)8(36,37)9(38,39)11(42,43)13(46,47)16(54,55)56)1(4(28,29)14(48,49)50,3(26,27)6(32,33)10(40,41)12(44,45)15(51,52)53)23(72-20(66,67)17(57,58)59,73-21(68,69)18(60,61)62)74-22(70,71)19(63,64)65. The highest BCUT2D eigenvalue weighted by Gasteiger charge is 3.09. The van der Waals surface area contributed by atoms with Crippen LogP contribution in [0.5, 0.6) is 0 Å². The Morgan fingerprint density at radius 1 is 0.135 bits per heavy atom. The zero-order valence-electron chi connectivity index (χ0n) is 30.9. The number of alkyl halides is 48. The highest BCUT2D eigenvalue weighted by atomic mass is 19.5. The minimum atomic E-state index is -13.4. The monoisotopic (exact) mass is 1240 g/mol.